The molecular formula is C12H17NO2. The average molecular weight is 207 g/mol. The van der Waals surface area contributed by atoms with Crippen LogP contribution in [0.15, 0.2) is 18.2 Å². The van der Waals surface area contributed by atoms with Gasteiger partial charge in [-0.1, -0.05) is 0 Å². The molecule has 82 valence electrons. The van der Waals surface area contributed by atoms with Crippen molar-refractivity contribution in [2.45, 2.75) is 25.3 Å². The van der Waals surface area contributed by atoms with Gasteiger partial charge in [0.2, 0.25) is 0 Å². The monoisotopic (exact) mass is 207 g/mol. The smallest absolute Gasteiger partial charge is 0.119 e. The summed E-state index contributed by atoms with van der Waals surface area (Å²) in [5.74, 6) is 0.913. The van der Waals surface area contributed by atoms with E-state index < -0.39 is 0 Å². The Hall–Kier alpha value is -1.22. The van der Waals surface area contributed by atoms with E-state index in [0.717, 1.165) is 25.0 Å². The zero-order chi connectivity index (χ0) is 10.7. The molecule has 0 spiro atoms. The second-order valence-electron chi connectivity index (χ2n) is 3.92. The number of anilines is 1. The van der Waals surface area contributed by atoms with Gasteiger partial charge in [-0.3, -0.25) is 0 Å². The van der Waals surface area contributed by atoms with Gasteiger partial charge in [0.05, 0.1) is 7.11 Å². The molecular weight excluding hydrogens is 190 g/mol. The van der Waals surface area contributed by atoms with E-state index in [1.807, 2.05) is 6.07 Å². The Morgan fingerprint density at radius 3 is 3.13 bits per heavy atom. The molecule has 15 heavy (non-hydrogen) atoms. The summed E-state index contributed by atoms with van der Waals surface area (Å²) in [6.45, 7) is 0.253. The maximum absolute atomic E-state index is 8.89. The van der Waals surface area contributed by atoms with Crippen molar-refractivity contribution in [2.24, 2.45) is 0 Å². The molecule has 1 heterocycles. The van der Waals surface area contributed by atoms with Gasteiger partial charge < -0.3 is 15.2 Å². The van der Waals surface area contributed by atoms with Gasteiger partial charge in [0.15, 0.2) is 0 Å². The van der Waals surface area contributed by atoms with Gasteiger partial charge in [-0.05, 0) is 43.0 Å². The number of hydrogen-bond donors (Lipinski definition) is 2. The second kappa shape index (κ2) is 4.53. The van der Waals surface area contributed by atoms with Crippen molar-refractivity contribution >= 4 is 5.69 Å². The number of benzene rings is 1. The van der Waals surface area contributed by atoms with Crippen LogP contribution in [-0.4, -0.2) is 24.9 Å². The lowest BCUT2D eigenvalue weighted by atomic mass is 9.96. The predicted molar refractivity (Wildman–Crippen MR) is 60.4 cm³/mol. The molecule has 2 rings (SSSR count). The first-order chi connectivity index (χ1) is 7.33. The lowest BCUT2D eigenvalue weighted by molar-refractivity contribution is 0.276. The van der Waals surface area contributed by atoms with Crippen molar-refractivity contribution < 1.29 is 9.84 Å². The summed E-state index contributed by atoms with van der Waals surface area (Å²) in [7, 11) is 1.69. The number of methoxy groups -OCH3 is 1. The number of fused-ring (bicyclic) bond motifs is 1. The Bertz CT molecular complexity index is 338. The van der Waals surface area contributed by atoms with Crippen LogP contribution in [-0.2, 0) is 6.42 Å². The van der Waals surface area contributed by atoms with E-state index in [1.54, 1.807) is 7.11 Å². The average Bonchev–Trinajstić information content (AvgIpc) is 2.29. The Kier molecular flexibility index (Phi) is 3.11. The summed E-state index contributed by atoms with van der Waals surface area (Å²) in [5, 5.41) is 12.3. The molecule has 3 heteroatoms. The molecule has 0 saturated heterocycles. The highest BCUT2D eigenvalue weighted by atomic mass is 16.5. The molecule has 1 aliphatic rings. The molecule has 0 fully saturated rings. The van der Waals surface area contributed by atoms with Crippen molar-refractivity contribution in [1.82, 2.24) is 0 Å². The zero-order valence-electron chi connectivity index (χ0n) is 8.99. The molecule has 1 aromatic carbocycles. The van der Waals surface area contributed by atoms with E-state index in [9.17, 15) is 0 Å². The van der Waals surface area contributed by atoms with Gasteiger partial charge in [0.1, 0.15) is 5.75 Å². The fourth-order valence-electron chi connectivity index (χ4n) is 2.04. The zero-order valence-corrected chi connectivity index (χ0v) is 8.99. The highest BCUT2D eigenvalue weighted by Gasteiger charge is 2.17. The lowest BCUT2D eigenvalue weighted by Gasteiger charge is -2.26. The normalized spacial score (nSPS) is 19.2. The molecule has 0 bridgehead atoms. The van der Waals surface area contributed by atoms with E-state index in [1.165, 1.54) is 11.3 Å². The number of ether oxygens (including phenoxy) is 1. The molecule has 0 saturated carbocycles. The summed E-state index contributed by atoms with van der Waals surface area (Å²) in [6.07, 6.45) is 2.97. The van der Waals surface area contributed by atoms with E-state index in [2.05, 4.69) is 17.4 Å². The predicted octanol–water partition coefficient (Wildman–Crippen LogP) is 1.80. The molecule has 0 aliphatic carbocycles. The minimum absolute atomic E-state index is 0.253. The Labute approximate surface area is 90.1 Å². The van der Waals surface area contributed by atoms with Crippen molar-refractivity contribution in [3.8, 4) is 5.75 Å². The van der Waals surface area contributed by atoms with Crippen LogP contribution in [0.1, 0.15) is 18.4 Å². The summed E-state index contributed by atoms with van der Waals surface area (Å²) in [5.41, 5.74) is 2.49. The number of aliphatic hydroxyl groups is 1. The molecule has 2 N–H and O–H groups in total. The first kappa shape index (κ1) is 10.3. The highest BCUT2D eigenvalue weighted by Crippen LogP contribution is 2.29. The third-order valence-electron chi connectivity index (χ3n) is 2.91. The largest absolute Gasteiger partial charge is 0.497 e. The van der Waals surface area contributed by atoms with Crippen molar-refractivity contribution in [3.63, 3.8) is 0 Å². The Morgan fingerprint density at radius 2 is 2.40 bits per heavy atom. The Morgan fingerprint density at radius 1 is 1.53 bits per heavy atom. The molecule has 1 aliphatic heterocycles. The molecule has 0 amide bonds. The van der Waals surface area contributed by atoms with Crippen LogP contribution in [0.3, 0.4) is 0 Å². The van der Waals surface area contributed by atoms with Gasteiger partial charge in [-0.2, -0.15) is 0 Å². The van der Waals surface area contributed by atoms with Crippen LogP contribution in [0.4, 0.5) is 5.69 Å². The summed E-state index contributed by atoms with van der Waals surface area (Å²) < 4.78 is 5.19. The maximum atomic E-state index is 8.89. The third-order valence-corrected chi connectivity index (χ3v) is 2.91. The SMILES string of the molecule is COc1ccc2c(c1)CCC(CCO)N2. The number of aliphatic hydroxyl groups excluding tert-OH is 1. The number of aryl methyl sites for hydroxylation is 1. The van der Waals surface area contributed by atoms with Gasteiger partial charge in [-0.25, -0.2) is 0 Å². The number of hydrogen-bond acceptors (Lipinski definition) is 3. The van der Waals surface area contributed by atoms with Crippen LogP contribution < -0.4 is 10.1 Å². The van der Waals surface area contributed by atoms with Gasteiger partial charge in [-0.15, -0.1) is 0 Å². The lowest BCUT2D eigenvalue weighted by Crippen LogP contribution is -2.26. The van der Waals surface area contributed by atoms with Gasteiger partial charge >= 0.3 is 0 Å². The van der Waals surface area contributed by atoms with E-state index >= 15 is 0 Å². The minimum Gasteiger partial charge on any atom is -0.497 e. The molecule has 1 atom stereocenters. The third kappa shape index (κ3) is 2.23. The minimum atomic E-state index is 0.253. The van der Waals surface area contributed by atoms with E-state index in [4.69, 9.17) is 9.84 Å². The van der Waals surface area contributed by atoms with Gasteiger partial charge in [0, 0.05) is 18.3 Å². The van der Waals surface area contributed by atoms with Gasteiger partial charge in [0.25, 0.3) is 0 Å². The van der Waals surface area contributed by atoms with Crippen LogP contribution in [0.5, 0.6) is 5.75 Å². The maximum Gasteiger partial charge on any atom is 0.119 e. The van der Waals surface area contributed by atoms with E-state index in [-0.39, 0.29) is 6.61 Å². The molecule has 3 nitrogen and oxygen atoms in total. The Balaban J connectivity index is 2.13. The number of rotatable bonds is 3. The second-order valence-corrected chi connectivity index (χ2v) is 3.92. The summed E-state index contributed by atoms with van der Waals surface area (Å²) in [6, 6.07) is 6.51. The van der Waals surface area contributed by atoms with Crippen LogP contribution in [0.2, 0.25) is 0 Å². The first-order valence-electron chi connectivity index (χ1n) is 5.38. The summed E-state index contributed by atoms with van der Waals surface area (Å²) in [4.78, 5) is 0. The summed E-state index contributed by atoms with van der Waals surface area (Å²) >= 11 is 0. The quantitative estimate of drug-likeness (QED) is 0.794. The number of nitrogens with one attached hydrogen (secondary N) is 1. The first-order valence-corrected chi connectivity index (χ1v) is 5.38. The molecule has 0 radical (unpaired) electrons. The van der Waals surface area contributed by atoms with Crippen LogP contribution in [0.25, 0.3) is 0 Å². The van der Waals surface area contributed by atoms with Crippen molar-refractivity contribution in [1.29, 1.82) is 0 Å². The standard InChI is InChI=1S/C12H17NO2/c1-15-11-4-5-12-9(8-11)2-3-10(13-12)6-7-14/h4-5,8,10,13-14H,2-3,6-7H2,1H3. The molecule has 1 aromatic rings. The molecule has 1 unspecified atom stereocenters. The topological polar surface area (TPSA) is 41.5 Å². The van der Waals surface area contributed by atoms with Crippen molar-refractivity contribution in [3.05, 3.63) is 23.8 Å². The van der Waals surface area contributed by atoms with E-state index in [0.29, 0.717) is 6.04 Å². The van der Waals surface area contributed by atoms with Crippen LogP contribution >= 0.6 is 0 Å². The fourth-order valence-corrected chi connectivity index (χ4v) is 2.04. The highest BCUT2D eigenvalue weighted by molar-refractivity contribution is 5.56. The van der Waals surface area contributed by atoms with Crippen molar-refractivity contribution in [2.75, 3.05) is 19.0 Å². The molecule has 0 aromatic heterocycles. The fraction of sp³-hybridized carbons (Fsp3) is 0.500. The van der Waals surface area contributed by atoms with Crippen LogP contribution in [0, 0.1) is 0 Å².